The van der Waals surface area contributed by atoms with Crippen LogP contribution >= 0.6 is 0 Å². The largest absolute Gasteiger partial charge is 0.481 e. The lowest BCUT2D eigenvalue weighted by molar-refractivity contribution is -0.169. The first kappa shape index (κ1) is 27.6. The Morgan fingerprint density at radius 2 is 1.82 bits per heavy atom. The number of carbonyl (C=O) groups excluding carboxylic acids is 1. The molecule has 0 saturated heterocycles. The zero-order valence-corrected chi connectivity index (χ0v) is 23.4. The van der Waals surface area contributed by atoms with Gasteiger partial charge in [0.05, 0.1) is 12.7 Å². The first-order valence-corrected chi connectivity index (χ1v) is 15.0. The summed E-state index contributed by atoms with van der Waals surface area (Å²) in [5.74, 6) is 2.08. The van der Waals surface area contributed by atoms with E-state index in [2.05, 4.69) is 26.1 Å². The highest BCUT2D eigenvalue weighted by Crippen LogP contribution is 2.68. The normalized spacial score (nSPS) is 40.9. The van der Waals surface area contributed by atoms with Crippen LogP contribution in [0.15, 0.2) is 24.3 Å². The molecule has 6 nitrogen and oxygen atoms in total. The van der Waals surface area contributed by atoms with Crippen molar-refractivity contribution in [1.82, 2.24) is 5.32 Å². The number of aliphatic carboxylic acids is 1. The number of hydrogen-bond donors (Lipinski definition) is 4. The fourth-order valence-corrected chi connectivity index (χ4v) is 10.0. The Labute approximate surface area is 227 Å². The van der Waals surface area contributed by atoms with E-state index in [0.29, 0.717) is 53.1 Å². The van der Waals surface area contributed by atoms with Gasteiger partial charge in [0.2, 0.25) is 0 Å². The van der Waals surface area contributed by atoms with Crippen LogP contribution in [0.5, 0.6) is 0 Å². The maximum atomic E-state index is 13.0. The maximum Gasteiger partial charge on any atom is 0.303 e. The Balaban J connectivity index is 1.28. The number of carboxylic acids is 1. The van der Waals surface area contributed by atoms with Gasteiger partial charge in [-0.3, -0.25) is 9.59 Å². The molecule has 0 heterocycles. The van der Waals surface area contributed by atoms with Crippen LogP contribution in [0.3, 0.4) is 0 Å². The standard InChI is InChI=1S/C32H47NO5/c1-19(8-13-29(36)37)25-11-12-26-24-10-9-21-16-22(33-30(38)23-7-5-4-6-20(23)18-34)14-15-31(21,2)27(24)17-28(35)32(25,26)3/h4-7,19,21-22,24-28,34-35H,8-18H2,1-3H3,(H,33,38)(H,36,37)/t19?,21-,22+,24?,25-,26?,27?,28+,31+,32-/m1/s1. The fraction of sp³-hybridized carbons (Fsp3) is 0.750. The monoisotopic (exact) mass is 525 g/mol. The number of amides is 1. The number of rotatable bonds is 7. The average Bonchev–Trinajstić information content (AvgIpc) is 3.26. The van der Waals surface area contributed by atoms with Crippen molar-refractivity contribution in [2.24, 2.45) is 46.3 Å². The Morgan fingerprint density at radius 1 is 1.05 bits per heavy atom. The van der Waals surface area contributed by atoms with Crippen LogP contribution in [-0.2, 0) is 11.4 Å². The van der Waals surface area contributed by atoms with Crippen LogP contribution in [0.1, 0.15) is 101 Å². The van der Waals surface area contributed by atoms with Crippen molar-refractivity contribution in [2.75, 3.05) is 0 Å². The molecule has 0 bridgehead atoms. The van der Waals surface area contributed by atoms with E-state index >= 15 is 0 Å². The van der Waals surface area contributed by atoms with Crippen LogP contribution < -0.4 is 5.32 Å². The van der Waals surface area contributed by atoms with Crippen molar-refractivity contribution in [3.05, 3.63) is 35.4 Å². The summed E-state index contributed by atoms with van der Waals surface area (Å²) < 4.78 is 0. The van der Waals surface area contributed by atoms with E-state index in [1.165, 1.54) is 12.8 Å². The summed E-state index contributed by atoms with van der Waals surface area (Å²) in [6.45, 7) is 6.84. The van der Waals surface area contributed by atoms with Gasteiger partial charge >= 0.3 is 5.97 Å². The second-order valence-corrected chi connectivity index (χ2v) is 13.6. The van der Waals surface area contributed by atoms with Crippen LogP contribution in [-0.4, -0.2) is 39.3 Å². The maximum absolute atomic E-state index is 13.0. The third-order valence-electron chi connectivity index (χ3n) is 12.1. The lowest BCUT2D eigenvalue weighted by Crippen LogP contribution is -2.59. The molecule has 1 amide bonds. The molecule has 38 heavy (non-hydrogen) atoms. The highest BCUT2D eigenvalue weighted by Gasteiger charge is 2.63. The van der Waals surface area contributed by atoms with Gasteiger partial charge in [0.15, 0.2) is 0 Å². The van der Waals surface area contributed by atoms with E-state index in [9.17, 15) is 24.9 Å². The van der Waals surface area contributed by atoms with Crippen molar-refractivity contribution >= 4 is 11.9 Å². The van der Waals surface area contributed by atoms with Gasteiger partial charge in [-0.2, -0.15) is 0 Å². The summed E-state index contributed by atoms with van der Waals surface area (Å²) in [5.41, 5.74) is 1.29. The summed E-state index contributed by atoms with van der Waals surface area (Å²) in [7, 11) is 0. The highest BCUT2D eigenvalue weighted by molar-refractivity contribution is 5.95. The summed E-state index contributed by atoms with van der Waals surface area (Å²) >= 11 is 0. The third kappa shape index (κ3) is 4.60. The van der Waals surface area contributed by atoms with E-state index < -0.39 is 5.97 Å². The van der Waals surface area contributed by atoms with Gasteiger partial charge in [-0.15, -0.1) is 0 Å². The number of benzene rings is 1. The minimum Gasteiger partial charge on any atom is -0.481 e. The highest BCUT2D eigenvalue weighted by atomic mass is 16.4. The number of carboxylic acid groups (broad SMARTS) is 1. The molecule has 210 valence electrons. The summed E-state index contributed by atoms with van der Waals surface area (Å²) in [6, 6.07) is 7.43. The molecular formula is C32H47NO5. The third-order valence-corrected chi connectivity index (χ3v) is 12.1. The predicted molar refractivity (Wildman–Crippen MR) is 146 cm³/mol. The molecule has 4 N–H and O–H groups in total. The van der Waals surface area contributed by atoms with Crippen molar-refractivity contribution < 1.29 is 24.9 Å². The van der Waals surface area contributed by atoms with Crippen molar-refractivity contribution in [3.63, 3.8) is 0 Å². The molecular weight excluding hydrogens is 478 g/mol. The predicted octanol–water partition coefficient (Wildman–Crippen LogP) is 5.41. The van der Waals surface area contributed by atoms with Gasteiger partial charge in [-0.05, 0) is 116 Å². The lowest BCUT2D eigenvalue weighted by Gasteiger charge is -2.62. The minimum atomic E-state index is -0.726. The molecule has 4 aliphatic rings. The number of nitrogens with one attached hydrogen (secondary N) is 1. The molecule has 0 aromatic heterocycles. The Hall–Kier alpha value is -1.92. The molecule has 5 rings (SSSR count). The van der Waals surface area contributed by atoms with Crippen molar-refractivity contribution in [2.45, 2.75) is 104 Å². The number of hydrogen-bond acceptors (Lipinski definition) is 4. The van der Waals surface area contributed by atoms with E-state index in [0.717, 1.165) is 38.5 Å². The molecule has 10 atom stereocenters. The molecule has 4 fully saturated rings. The van der Waals surface area contributed by atoms with Crippen LogP contribution in [0.4, 0.5) is 0 Å². The van der Waals surface area contributed by atoms with Gasteiger partial charge in [0.1, 0.15) is 0 Å². The van der Waals surface area contributed by atoms with Crippen LogP contribution in [0.25, 0.3) is 0 Å². The van der Waals surface area contributed by atoms with Gasteiger partial charge in [-0.25, -0.2) is 0 Å². The summed E-state index contributed by atoms with van der Waals surface area (Å²) in [6.07, 6.45) is 9.07. The topological polar surface area (TPSA) is 107 Å². The molecule has 0 aliphatic heterocycles. The molecule has 4 aliphatic carbocycles. The molecule has 4 saturated carbocycles. The molecule has 1 aromatic rings. The zero-order valence-electron chi connectivity index (χ0n) is 23.4. The van der Waals surface area contributed by atoms with E-state index in [4.69, 9.17) is 0 Å². The number of aliphatic hydroxyl groups excluding tert-OH is 2. The lowest BCUT2D eigenvalue weighted by atomic mass is 9.43. The molecule has 0 radical (unpaired) electrons. The Bertz CT molecular complexity index is 1040. The van der Waals surface area contributed by atoms with E-state index in [-0.39, 0.29) is 41.9 Å². The van der Waals surface area contributed by atoms with Crippen LogP contribution in [0, 0.1) is 46.3 Å². The number of carbonyl (C=O) groups is 2. The Kier molecular flexibility index (Phi) is 7.69. The Morgan fingerprint density at radius 3 is 2.55 bits per heavy atom. The first-order valence-electron chi connectivity index (χ1n) is 15.0. The average molecular weight is 526 g/mol. The molecule has 0 spiro atoms. The SMILES string of the molecule is CC(CCC(=O)O)[C@H]1CCC2C3CC[C@@H]4C[C@@H](NC(=O)c5ccccc5CO)CC[C@]4(C)C3C[C@H](O)[C@@]21C. The first-order chi connectivity index (χ1) is 18.1. The van der Waals surface area contributed by atoms with Gasteiger partial charge in [0, 0.05) is 18.0 Å². The van der Waals surface area contributed by atoms with Gasteiger partial charge in [0.25, 0.3) is 5.91 Å². The second kappa shape index (κ2) is 10.6. The smallest absolute Gasteiger partial charge is 0.303 e. The number of aliphatic hydroxyl groups is 2. The summed E-state index contributed by atoms with van der Waals surface area (Å²) in [5, 5.41) is 33.9. The van der Waals surface area contributed by atoms with E-state index in [1.807, 2.05) is 12.1 Å². The van der Waals surface area contributed by atoms with Crippen molar-refractivity contribution in [1.29, 1.82) is 0 Å². The molecule has 4 unspecified atom stereocenters. The quantitative estimate of drug-likeness (QED) is 0.381. The van der Waals surface area contributed by atoms with Gasteiger partial charge < -0.3 is 20.6 Å². The van der Waals surface area contributed by atoms with E-state index in [1.54, 1.807) is 12.1 Å². The molecule has 6 heteroatoms. The van der Waals surface area contributed by atoms with Gasteiger partial charge in [-0.1, -0.05) is 39.0 Å². The number of fused-ring (bicyclic) bond motifs is 5. The zero-order chi connectivity index (χ0) is 27.2. The minimum absolute atomic E-state index is 0.0881. The molecule has 1 aromatic carbocycles. The van der Waals surface area contributed by atoms with Crippen molar-refractivity contribution in [3.8, 4) is 0 Å². The van der Waals surface area contributed by atoms with Crippen LogP contribution in [0.2, 0.25) is 0 Å². The second-order valence-electron chi connectivity index (χ2n) is 13.6. The summed E-state index contributed by atoms with van der Waals surface area (Å²) in [4.78, 5) is 24.2. The fourth-order valence-electron chi connectivity index (χ4n) is 10.0.